The fourth-order valence-corrected chi connectivity index (χ4v) is 3.17. The molecule has 3 aromatic heterocycles. The van der Waals surface area contributed by atoms with Crippen LogP contribution in [-0.4, -0.2) is 20.3 Å². The van der Waals surface area contributed by atoms with Crippen molar-refractivity contribution in [2.75, 3.05) is 5.32 Å². The number of aromatic nitrogens is 3. The third-order valence-corrected chi connectivity index (χ3v) is 4.74. The van der Waals surface area contributed by atoms with E-state index in [4.69, 9.17) is 0 Å². The standard InChI is InChI=1S/C22H17F3N4O/c1-13-4-3-11-29-12-18(28-20(13)29)15-5-7-16(8-6-15)27-21(30)17-9-10-19(22(23,24)25)26-14(17)2/h3-12H,1-2H3,(H,27,30). The number of pyridine rings is 2. The zero-order valence-corrected chi connectivity index (χ0v) is 16.2. The van der Waals surface area contributed by atoms with E-state index in [-0.39, 0.29) is 11.3 Å². The third-order valence-electron chi connectivity index (χ3n) is 4.74. The van der Waals surface area contributed by atoms with E-state index < -0.39 is 17.8 Å². The van der Waals surface area contributed by atoms with E-state index in [0.29, 0.717) is 5.69 Å². The Kier molecular flexibility index (Phi) is 4.77. The summed E-state index contributed by atoms with van der Waals surface area (Å²) in [7, 11) is 0. The second kappa shape index (κ2) is 7.29. The second-order valence-corrected chi connectivity index (χ2v) is 6.91. The maximum atomic E-state index is 12.7. The Hall–Kier alpha value is -3.68. The molecule has 4 aromatic rings. The van der Waals surface area contributed by atoms with Crippen LogP contribution in [0.3, 0.4) is 0 Å². The lowest BCUT2D eigenvalue weighted by Gasteiger charge is -2.10. The first kappa shape index (κ1) is 19.6. The molecular weight excluding hydrogens is 393 g/mol. The fraction of sp³-hybridized carbons (Fsp3) is 0.136. The number of hydrogen-bond donors (Lipinski definition) is 1. The number of hydrogen-bond acceptors (Lipinski definition) is 3. The van der Waals surface area contributed by atoms with Gasteiger partial charge in [0, 0.05) is 23.6 Å². The lowest BCUT2D eigenvalue weighted by molar-refractivity contribution is -0.141. The van der Waals surface area contributed by atoms with Crippen molar-refractivity contribution in [1.29, 1.82) is 0 Å². The van der Waals surface area contributed by atoms with Gasteiger partial charge < -0.3 is 9.72 Å². The van der Waals surface area contributed by atoms with Gasteiger partial charge in [-0.3, -0.25) is 4.79 Å². The van der Waals surface area contributed by atoms with Crippen molar-refractivity contribution < 1.29 is 18.0 Å². The molecule has 0 atom stereocenters. The first-order chi connectivity index (χ1) is 14.2. The van der Waals surface area contributed by atoms with Crippen LogP contribution in [-0.2, 0) is 6.18 Å². The van der Waals surface area contributed by atoms with Crippen LogP contribution in [0.1, 0.15) is 27.3 Å². The van der Waals surface area contributed by atoms with Crippen LogP contribution in [0, 0.1) is 13.8 Å². The maximum absolute atomic E-state index is 12.7. The number of amides is 1. The molecule has 1 aromatic carbocycles. The number of rotatable bonds is 3. The first-order valence-corrected chi connectivity index (χ1v) is 9.13. The van der Waals surface area contributed by atoms with Gasteiger partial charge in [-0.15, -0.1) is 0 Å². The quantitative estimate of drug-likeness (QED) is 0.500. The Morgan fingerprint density at radius 3 is 2.37 bits per heavy atom. The average Bonchev–Trinajstić information content (AvgIpc) is 3.13. The van der Waals surface area contributed by atoms with E-state index in [0.717, 1.165) is 34.6 Å². The van der Waals surface area contributed by atoms with Crippen LogP contribution in [0.15, 0.2) is 60.9 Å². The summed E-state index contributed by atoms with van der Waals surface area (Å²) < 4.78 is 40.2. The monoisotopic (exact) mass is 410 g/mol. The molecule has 0 saturated heterocycles. The molecule has 0 aliphatic heterocycles. The van der Waals surface area contributed by atoms with E-state index in [1.54, 1.807) is 12.1 Å². The van der Waals surface area contributed by atoms with E-state index in [1.807, 2.05) is 48.0 Å². The molecule has 1 N–H and O–H groups in total. The summed E-state index contributed by atoms with van der Waals surface area (Å²) in [5, 5.41) is 2.69. The number of carbonyl (C=O) groups excluding carboxylic acids is 1. The highest BCUT2D eigenvalue weighted by Gasteiger charge is 2.33. The molecule has 0 fully saturated rings. The van der Waals surface area contributed by atoms with Gasteiger partial charge in [0.1, 0.15) is 11.3 Å². The summed E-state index contributed by atoms with van der Waals surface area (Å²) in [4.78, 5) is 20.6. The van der Waals surface area contributed by atoms with Gasteiger partial charge in [-0.1, -0.05) is 18.2 Å². The first-order valence-electron chi connectivity index (χ1n) is 9.13. The van der Waals surface area contributed by atoms with Crippen LogP contribution in [0.25, 0.3) is 16.9 Å². The summed E-state index contributed by atoms with van der Waals surface area (Å²) in [6, 6.07) is 13.0. The summed E-state index contributed by atoms with van der Waals surface area (Å²) in [5.74, 6) is -0.523. The average molecular weight is 410 g/mol. The number of benzene rings is 1. The van der Waals surface area contributed by atoms with Gasteiger partial charge in [-0.05, 0) is 49.7 Å². The number of fused-ring (bicyclic) bond motifs is 1. The highest BCUT2D eigenvalue weighted by atomic mass is 19.4. The topological polar surface area (TPSA) is 59.3 Å². The predicted octanol–water partition coefficient (Wildman–Crippen LogP) is 5.28. The van der Waals surface area contributed by atoms with Crippen molar-refractivity contribution in [1.82, 2.24) is 14.4 Å². The van der Waals surface area contributed by atoms with Crippen LogP contribution < -0.4 is 5.32 Å². The Labute approximate surface area is 170 Å². The van der Waals surface area contributed by atoms with Gasteiger partial charge in [0.25, 0.3) is 5.91 Å². The van der Waals surface area contributed by atoms with Gasteiger partial charge in [0.05, 0.1) is 17.0 Å². The summed E-state index contributed by atoms with van der Waals surface area (Å²) in [6.45, 7) is 3.36. The Balaban J connectivity index is 1.53. The minimum atomic E-state index is -4.55. The van der Waals surface area contributed by atoms with Crippen LogP contribution in [0.5, 0.6) is 0 Å². The molecule has 1 amide bonds. The molecule has 0 radical (unpaired) electrons. The van der Waals surface area contributed by atoms with E-state index >= 15 is 0 Å². The van der Waals surface area contributed by atoms with E-state index in [1.165, 1.54) is 6.92 Å². The molecular formula is C22H17F3N4O. The SMILES string of the molecule is Cc1nc(C(F)(F)F)ccc1C(=O)Nc1ccc(-c2cn3cccc(C)c3n2)cc1. The molecule has 0 spiro atoms. The van der Waals surface area contributed by atoms with Crippen molar-refractivity contribution in [3.05, 3.63) is 83.4 Å². The molecule has 0 saturated carbocycles. The molecule has 3 heterocycles. The largest absolute Gasteiger partial charge is 0.433 e. The molecule has 0 aliphatic carbocycles. The molecule has 8 heteroatoms. The smallest absolute Gasteiger partial charge is 0.322 e. The Bertz CT molecular complexity index is 1240. The Morgan fingerprint density at radius 1 is 1.00 bits per heavy atom. The van der Waals surface area contributed by atoms with Gasteiger partial charge in [-0.2, -0.15) is 13.2 Å². The van der Waals surface area contributed by atoms with Gasteiger partial charge >= 0.3 is 6.18 Å². The summed E-state index contributed by atoms with van der Waals surface area (Å²) in [6.07, 6.45) is -0.701. The van der Waals surface area contributed by atoms with E-state index in [9.17, 15) is 18.0 Å². The normalized spacial score (nSPS) is 11.6. The molecule has 0 aliphatic rings. The van der Waals surface area contributed by atoms with E-state index in [2.05, 4.69) is 15.3 Å². The van der Waals surface area contributed by atoms with Crippen molar-refractivity contribution in [2.45, 2.75) is 20.0 Å². The molecule has 0 bridgehead atoms. The number of anilines is 1. The molecule has 5 nitrogen and oxygen atoms in total. The van der Waals surface area contributed by atoms with Gasteiger partial charge in [0.2, 0.25) is 0 Å². The highest BCUT2D eigenvalue weighted by Crippen LogP contribution is 2.28. The third kappa shape index (κ3) is 3.76. The number of halogens is 3. The number of aryl methyl sites for hydroxylation is 2. The minimum Gasteiger partial charge on any atom is -0.322 e. The molecule has 30 heavy (non-hydrogen) atoms. The van der Waals surface area contributed by atoms with Crippen molar-refractivity contribution >= 4 is 17.2 Å². The number of carbonyl (C=O) groups is 1. The maximum Gasteiger partial charge on any atom is 0.433 e. The van der Waals surface area contributed by atoms with Crippen molar-refractivity contribution in [2.24, 2.45) is 0 Å². The summed E-state index contributed by atoms with van der Waals surface area (Å²) >= 11 is 0. The van der Waals surface area contributed by atoms with Gasteiger partial charge in [-0.25, -0.2) is 9.97 Å². The van der Waals surface area contributed by atoms with Crippen LogP contribution in [0.2, 0.25) is 0 Å². The molecule has 152 valence electrons. The number of imidazole rings is 1. The number of nitrogens with zero attached hydrogens (tertiary/aromatic N) is 3. The zero-order chi connectivity index (χ0) is 21.5. The second-order valence-electron chi connectivity index (χ2n) is 6.91. The lowest BCUT2D eigenvalue weighted by Crippen LogP contribution is -2.16. The van der Waals surface area contributed by atoms with Crippen molar-refractivity contribution in [3.63, 3.8) is 0 Å². The van der Waals surface area contributed by atoms with Gasteiger partial charge in [0.15, 0.2) is 0 Å². The summed E-state index contributed by atoms with van der Waals surface area (Å²) in [5.41, 5.74) is 3.20. The molecule has 4 rings (SSSR count). The zero-order valence-electron chi connectivity index (χ0n) is 16.2. The van der Waals surface area contributed by atoms with Crippen LogP contribution >= 0.6 is 0 Å². The van der Waals surface area contributed by atoms with Crippen LogP contribution in [0.4, 0.5) is 18.9 Å². The molecule has 0 unspecified atom stereocenters. The Morgan fingerprint density at radius 2 is 1.73 bits per heavy atom. The highest BCUT2D eigenvalue weighted by molar-refractivity contribution is 6.05. The minimum absolute atomic E-state index is 0.0130. The fourth-order valence-electron chi connectivity index (χ4n) is 3.17. The number of alkyl halides is 3. The lowest BCUT2D eigenvalue weighted by atomic mass is 10.1. The van der Waals surface area contributed by atoms with Crippen molar-refractivity contribution in [3.8, 4) is 11.3 Å². The number of nitrogens with one attached hydrogen (secondary N) is 1. The predicted molar refractivity (Wildman–Crippen MR) is 107 cm³/mol.